The summed E-state index contributed by atoms with van der Waals surface area (Å²) in [6.45, 7) is 2.73. The van der Waals surface area contributed by atoms with Gasteiger partial charge in [-0.25, -0.2) is 4.98 Å². The number of aromatic nitrogens is 1. The van der Waals surface area contributed by atoms with Crippen LogP contribution in [0.1, 0.15) is 33.9 Å². The van der Waals surface area contributed by atoms with Crippen LogP contribution in [-0.2, 0) is 16.1 Å². The van der Waals surface area contributed by atoms with Gasteiger partial charge in [0.2, 0.25) is 0 Å². The van der Waals surface area contributed by atoms with E-state index in [0.717, 1.165) is 10.7 Å². The predicted octanol–water partition coefficient (Wildman–Crippen LogP) is 2.71. The molecule has 0 saturated carbocycles. The average molecular weight is 348 g/mol. The van der Waals surface area contributed by atoms with Gasteiger partial charge in [0, 0.05) is 23.9 Å². The molecule has 1 aromatic heterocycles. The first-order valence-corrected chi connectivity index (χ1v) is 8.45. The Bertz CT molecular complexity index is 699. The van der Waals surface area contributed by atoms with Gasteiger partial charge in [-0.2, -0.15) is 0 Å². The molecule has 0 radical (unpaired) electrons. The first-order valence-electron chi connectivity index (χ1n) is 7.57. The molecule has 6 nitrogen and oxygen atoms in total. The maximum atomic E-state index is 12.1. The molecule has 0 bridgehead atoms. The number of esters is 1. The molecule has 0 atom stereocenters. The Morgan fingerprint density at radius 3 is 2.88 bits per heavy atom. The van der Waals surface area contributed by atoms with Gasteiger partial charge in [-0.05, 0) is 31.5 Å². The number of aryl methyl sites for hydroxylation is 1. The summed E-state index contributed by atoms with van der Waals surface area (Å²) < 4.78 is 10.2. The maximum absolute atomic E-state index is 12.1. The van der Waals surface area contributed by atoms with Crippen molar-refractivity contribution in [1.82, 2.24) is 10.3 Å². The van der Waals surface area contributed by atoms with Gasteiger partial charge in [0.15, 0.2) is 0 Å². The molecule has 0 spiro atoms. The topological polar surface area (TPSA) is 77.5 Å². The van der Waals surface area contributed by atoms with Crippen LogP contribution in [0.4, 0.5) is 0 Å². The van der Waals surface area contributed by atoms with Crippen LogP contribution in [0.2, 0.25) is 0 Å². The number of hydrogen-bond acceptors (Lipinski definition) is 6. The van der Waals surface area contributed by atoms with Gasteiger partial charge in [0.25, 0.3) is 5.91 Å². The van der Waals surface area contributed by atoms with Gasteiger partial charge in [-0.15, -0.1) is 11.3 Å². The third-order valence-corrected chi connectivity index (χ3v) is 4.04. The highest BCUT2D eigenvalue weighted by atomic mass is 32.1. The molecule has 0 aliphatic rings. The smallest absolute Gasteiger partial charge is 0.305 e. The normalized spacial score (nSPS) is 10.2. The third kappa shape index (κ3) is 5.66. The van der Waals surface area contributed by atoms with Crippen LogP contribution in [0.3, 0.4) is 0 Å². The molecule has 2 rings (SSSR count). The van der Waals surface area contributed by atoms with Crippen LogP contribution in [0.25, 0.3) is 0 Å². The minimum atomic E-state index is -0.281. The van der Waals surface area contributed by atoms with E-state index < -0.39 is 0 Å². The summed E-state index contributed by atoms with van der Waals surface area (Å²) in [5.41, 5.74) is 1.38. The molecule has 1 amide bonds. The molecule has 2 aromatic rings. The lowest BCUT2D eigenvalue weighted by atomic mass is 10.2. The molecule has 0 unspecified atom stereocenters. The van der Waals surface area contributed by atoms with E-state index in [1.807, 2.05) is 12.3 Å². The second-order valence-electron chi connectivity index (χ2n) is 5.11. The Balaban J connectivity index is 1.82. The van der Waals surface area contributed by atoms with Crippen molar-refractivity contribution in [3.05, 3.63) is 45.9 Å². The van der Waals surface area contributed by atoms with Crippen molar-refractivity contribution >= 4 is 23.2 Å². The number of nitrogens with zero attached hydrogens (tertiary/aromatic N) is 1. The lowest BCUT2D eigenvalue weighted by Crippen LogP contribution is -2.25. The predicted molar refractivity (Wildman–Crippen MR) is 91.2 cm³/mol. The van der Waals surface area contributed by atoms with E-state index in [9.17, 15) is 9.59 Å². The van der Waals surface area contributed by atoms with Gasteiger partial charge < -0.3 is 14.8 Å². The molecule has 0 aliphatic carbocycles. The number of carbonyl (C=O) groups is 2. The fourth-order valence-corrected chi connectivity index (χ4v) is 2.59. The molecule has 0 aliphatic heterocycles. The van der Waals surface area contributed by atoms with Crippen molar-refractivity contribution in [1.29, 1.82) is 0 Å². The molecule has 0 fully saturated rings. The van der Waals surface area contributed by atoms with Crippen molar-refractivity contribution in [3.63, 3.8) is 0 Å². The van der Waals surface area contributed by atoms with E-state index in [0.29, 0.717) is 30.9 Å². The monoisotopic (exact) mass is 348 g/mol. The zero-order valence-corrected chi connectivity index (χ0v) is 14.5. The first kappa shape index (κ1) is 17.9. The Labute approximate surface area is 144 Å². The number of hydrogen-bond donors (Lipinski definition) is 1. The van der Waals surface area contributed by atoms with Crippen LogP contribution < -0.4 is 10.1 Å². The first-order chi connectivity index (χ1) is 11.6. The van der Waals surface area contributed by atoms with Crippen molar-refractivity contribution in [2.24, 2.45) is 0 Å². The van der Waals surface area contributed by atoms with Crippen LogP contribution in [0.5, 0.6) is 5.75 Å². The van der Waals surface area contributed by atoms with Crippen LogP contribution in [-0.4, -0.2) is 30.5 Å². The largest absolute Gasteiger partial charge is 0.487 e. The summed E-state index contributed by atoms with van der Waals surface area (Å²) >= 11 is 1.57. The van der Waals surface area contributed by atoms with Gasteiger partial charge in [0.1, 0.15) is 12.4 Å². The quantitative estimate of drug-likeness (QED) is 0.586. The second kappa shape index (κ2) is 9.02. The van der Waals surface area contributed by atoms with Crippen molar-refractivity contribution in [3.8, 4) is 5.75 Å². The van der Waals surface area contributed by atoms with Gasteiger partial charge in [-0.3, -0.25) is 9.59 Å². The minimum Gasteiger partial charge on any atom is -0.487 e. The summed E-state index contributed by atoms with van der Waals surface area (Å²) in [7, 11) is 1.35. The lowest BCUT2D eigenvalue weighted by Gasteiger charge is -2.08. The number of rotatable bonds is 8. The summed E-state index contributed by atoms with van der Waals surface area (Å²) in [4.78, 5) is 27.4. The summed E-state index contributed by atoms with van der Waals surface area (Å²) in [6.07, 6.45) is 0.824. The number of benzene rings is 1. The summed E-state index contributed by atoms with van der Waals surface area (Å²) in [5, 5.41) is 5.72. The van der Waals surface area contributed by atoms with Crippen molar-refractivity contribution in [2.75, 3.05) is 13.7 Å². The van der Waals surface area contributed by atoms with E-state index in [-0.39, 0.29) is 18.3 Å². The Kier molecular flexibility index (Phi) is 6.74. The molecule has 24 heavy (non-hydrogen) atoms. The Morgan fingerprint density at radius 1 is 1.33 bits per heavy atom. The number of thiazole rings is 1. The number of ether oxygens (including phenoxy) is 2. The molecule has 0 saturated heterocycles. The molecule has 128 valence electrons. The van der Waals surface area contributed by atoms with Gasteiger partial charge in [0.05, 0.1) is 17.8 Å². The Morgan fingerprint density at radius 2 is 2.17 bits per heavy atom. The standard InChI is InChI=1S/C17H20N2O4S/c1-12-19-14(11-24-12)10-23-15-6-3-5-13(9-15)17(21)18-8-4-7-16(20)22-2/h3,5-6,9,11H,4,7-8,10H2,1-2H3,(H,18,21). The SMILES string of the molecule is COC(=O)CCCNC(=O)c1cccc(OCc2csc(C)n2)c1. The molecule has 1 aromatic carbocycles. The number of nitrogens with one attached hydrogen (secondary N) is 1. The third-order valence-electron chi connectivity index (χ3n) is 3.22. The number of carbonyl (C=O) groups excluding carboxylic acids is 2. The van der Waals surface area contributed by atoms with E-state index in [2.05, 4.69) is 15.0 Å². The number of amides is 1. The van der Waals surface area contributed by atoms with E-state index in [4.69, 9.17) is 4.74 Å². The summed E-state index contributed by atoms with van der Waals surface area (Å²) in [5.74, 6) is 0.134. The molecule has 1 heterocycles. The second-order valence-corrected chi connectivity index (χ2v) is 6.17. The van der Waals surface area contributed by atoms with E-state index in [1.165, 1.54) is 7.11 Å². The van der Waals surface area contributed by atoms with E-state index in [1.54, 1.807) is 35.6 Å². The number of methoxy groups -OCH3 is 1. The highest BCUT2D eigenvalue weighted by molar-refractivity contribution is 7.09. The molecular formula is C17H20N2O4S. The highest BCUT2D eigenvalue weighted by Gasteiger charge is 2.08. The molecule has 1 N–H and O–H groups in total. The maximum Gasteiger partial charge on any atom is 0.305 e. The van der Waals surface area contributed by atoms with Crippen LogP contribution in [0, 0.1) is 6.92 Å². The summed E-state index contributed by atoms with van der Waals surface area (Å²) in [6, 6.07) is 6.97. The van der Waals surface area contributed by atoms with Crippen molar-refractivity contribution in [2.45, 2.75) is 26.4 Å². The fraction of sp³-hybridized carbons (Fsp3) is 0.353. The van der Waals surface area contributed by atoms with Gasteiger partial charge >= 0.3 is 5.97 Å². The fourth-order valence-electron chi connectivity index (χ4n) is 2.00. The molecular weight excluding hydrogens is 328 g/mol. The zero-order chi connectivity index (χ0) is 17.4. The average Bonchev–Trinajstić information content (AvgIpc) is 3.02. The lowest BCUT2D eigenvalue weighted by molar-refractivity contribution is -0.140. The van der Waals surface area contributed by atoms with Crippen LogP contribution in [0.15, 0.2) is 29.6 Å². The Hall–Kier alpha value is -2.41. The van der Waals surface area contributed by atoms with Gasteiger partial charge in [-0.1, -0.05) is 6.07 Å². The highest BCUT2D eigenvalue weighted by Crippen LogP contribution is 2.16. The molecule has 7 heteroatoms. The minimum absolute atomic E-state index is 0.199. The van der Waals surface area contributed by atoms with E-state index >= 15 is 0 Å². The van der Waals surface area contributed by atoms with Crippen LogP contribution >= 0.6 is 11.3 Å². The zero-order valence-electron chi connectivity index (χ0n) is 13.7. The van der Waals surface area contributed by atoms with Crippen molar-refractivity contribution < 1.29 is 19.1 Å².